The lowest BCUT2D eigenvalue weighted by atomic mass is 9.99. The number of nitrogens with one attached hydrogen (secondary N) is 2. The predicted octanol–water partition coefficient (Wildman–Crippen LogP) is 1.91. The van der Waals surface area contributed by atoms with Crippen LogP contribution in [0.4, 0.5) is 5.69 Å². The summed E-state index contributed by atoms with van der Waals surface area (Å²) < 4.78 is 26.4. The van der Waals surface area contributed by atoms with Crippen LogP contribution >= 0.6 is 0 Å². The molecule has 6 heteroatoms. The fourth-order valence-electron chi connectivity index (χ4n) is 1.67. The molecule has 0 amide bonds. The van der Waals surface area contributed by atoms with Gasteiger partial charge in [0.05, 0.1) is 4.90 Å². The lowest BCUT2D eigenvalue weighted by Gasteiger charge is -2.29. The van der Waals surface area contributed by atoms with E-state index < -0.39 is 10.0 Å². The maximum Gasteiger partial charge on any atom is 0.240 e. The number of sulfonamides is 1. The first kappa shape index (κ1) is 16.9. The highest BCUT2D eigenvalue weighted by Crippen LogP contribution is 2.19. The molecule has 0 saturated carbocycles. The van der Waals surface area contributed by atoms with Gasteiger partial charge in [-0.1, -0.05) is 13.8 Å². The van der Waals surface area contributed by atoms with Gasteiger partial charge in [-0.05, 0) is 44.0 Å². The minimum absolute atomic E-state index is 0.180. The van der Waals surface area contributed by atoms with Crippen LogP contribution in [0.3, 0.4) is 0 Å². The second-order valence-electron chi connectivity index (χ2n) is 5.17. The number of anilines is 1. The van der Waals surface area contributed by atoms with Crippen LogP contribution in [0.15, 0.2) is 29.2 Å². The van der Waals surface area contributed by atoms with E-state index in [4.69, 9.17) is 5.73 Å². The largest absolute Gasteiger partial charge is 0.379 e. The molecule has 0 bridgehead atoms. The highest BCUT2D eigenvalue weighted by molar-refractivity contribution is 7.89. The SMILES string of the molecule is CCCNS(=O)(=O)c1ccc(NC(C)(CC)CN)cc1. The van der Waals surface area contributed by atoms with Crippen LogP contribution in [-0.4, -0.2) is 27.0 Å². The Hall–Kier alpha value is -1.11. The molecule has 0 spiro atoms. The monoisotopic (exact) mass is 299 g/mol. The Morgan fingerprint density at radius 3 is 2.25 bits per heavy atom. The highest BCUT2D eigenvalue weighted by Gasteiger charge is 2.19. The Morgan fingerprint density at radius 2 is 1.80 bits per heavy atom. The van der Waals surface area contributed by atoms with Crippen LogP contribution in [0.25, 0.3) is 0 Å². The first-order valence-electron chi connectivity index (χ1n) is 6.95. The molecule has 4 N–H and O–H groups in total. The summed E-state index contributed by atoms with van der Waals surface area (Å²) in [6.07, 6.45) is 1.66. The van der Waals surface area contributed by atoms with Crippen LogP contribution in [0.5, 0.6) is 0 Å². The summed E-state index contributed by atoms with van der Waals surface area (Å²) in [7, 11) is -3.40. The average molecular weight is 299 g/mol. The van der Waals surface area contributed by atoms with Gasteiger partial charge in [-0.3, -0.25) is 0 Å². The van der Waals surface area contributed by atoms with E-state index in [1.54, 1.807) is 24.3 Å². The van der Waals surface area contributed by atoms with Crippen molar-refractivity contribution >= 4 is 15.7 Å². The van der Waals surface area contributed by atoms with E-state index in [1.807, 2.05) is 13.8 Å². The molecule has 0 aliphatic heterocycles. The molecule has 1 unspecified atom stereocenters. The Kier molecular flexibility index (Phi) is 5.98. The molecule has 0 aromatic heterocycles. The average Bonchev–Trinajstić information content (AvgIpc) is 2.45. The van der Waals surface area contributed by atoms with Crippen molar-refractivity contribution in [1.82, 2.24) is 4.72 Å². The van der Waals surface area contributed by atoms with Crippen LogP contribution < -0.4 is 15.8 Å². The standard InChI is InChI=1S/C14H25N3O2S/c1-4-10-16-20(18,19)13-8-6-12(7-9-13)17-14(3,5-2)11-15/h6-9,16-17H,4-5,10-11,15H2,1-3H3. The normalized spacial score (nSPS) is 14.8. The van der Waals surface area contributed by atoms with Crippen LogP contribution in [0.1, 0.15) is 33.6 Å². The van der Waals surface area contributed by atoms with Crippen LogP contribution in [-0.2, 0) is 10.0 Å². The number of benzene rings is 1. The smallest absolute Gasteiger partial charge is 0.240 e. The van der Waals surface area contributed by atoms with Crippen molar-refractivity contribution in [2.24, 2.45) is 5.73 Å². The molecule has 0 aliphatic rings. The third-order valence-corrected chi connectivity index (χ3v) is 4.86. The van der Waals surface area contributed by atoms with Gasteiger partial charge in [-0.15, -0.1) is 0 Å². The molecule has 20 heavy (non-hydrogen) atoms. The molecule has 0 radical (unpaired) electrons. The first-order valence-corrected chi connectivity index (χ1v) is 8.43. The van der Waals surface area contributed by atoms with Crippen LogP contribution in [0.2, 0.25) is 0 Å². The van der Waals surface area contributed by atoms with Crippen molar-refractivity contribution in [2.75, 3.05) is 18.4 Å². The van der Waals surface area contributed by atoms with Gasteiger partial charge in [0.15, 0.2) is 0 Å². The fourth-order valence-corrected chi connectivity index (χ4v) is 2.80. The van der Waals surface area contributed by atoms with Gasteiger partial charge in [0.1, 0.15) is 0 Å². The van der Waals surface area contributed by atoms with Crippen molar-refractivity contribution in [3.63, 3.8) is 0 Å². The highest BCUT2D eigenvalue weighted by atomic mass is 32.2. The second kappa shape index (κ2) is 7.06. The summed E-state index contributed by atoms with van der Waals surface area (Å²) >= 11 is 0. The molecule has 0 heterocycles. The molecule has 0 fully saturated rings. The Labute approximate surface area is 122 Å². The predicted molar refractivity (Wildman–Crippen MR) is 83.3 cm³/mol. The summed E-state index contributed by atoms with van der Waals surface area (Å²) in [6.45, 7) is 6.99. The first-order chi connectivity index (χ1) is 9.37. The van der Waals surface area contributed by atoms with E-state index in [0.29, 0.717) is 13.1 Å². The molecule has 0 saturated heterocycles. The van der Waals surface area contributed by atoms with Crippen molar-refractivity contribution in [3.8, 4) is 0 Å². The zero-order valence-corrected chi connectivity index (χ0v) is 13.3. The Bertz CT molecular complexity index is 508. The topological polar surface area (TPSA) is 84.2 Å². The molecule has 5 nitrogen and oxygen atoms in total. The van der Waals surface area contributed by atoms with Crippen molar-refractivity contribution < 1.29 is 8.42 Å². The van der Waals surface area contributed by atoms with E-state index in [0.717, 1.165) is 18.5 Å². The summed E-state index contributed by atoms with van der Waals surface area (Å²) in [5, 5.41) is 3.34. The van der Waals surface area contributed by atoms with Gasteiger partial charge in [-0.2, -0.15) is 0 Å². The van der Waals surface area contributed by atoms with Gasteiger partial charge in [0.25, 0.3) is 0 Å². The number of nitrogens with two attached hydrogens (primary N) is 1. The lowest BCUT2D eigenvalue weighted by Crippen LogP contribution is -2.41. The van der Waals surface area contributed by atoms with Gasteiger partial charge in [0.2, 0.25) is 10.0 Å². The molecule has 0 aliphatic carbocycles. The van der Waals surface area contributed by atoms with Gasteiger partial charge >= 0.3 is 0 Å². The van der Waals surface area contributed by atoms with Crippen molar-refractivity contribution in [1.29, 1.82) is 0 Å². The molecule has 114 valence electrons. The second-order valence-corrected chi connectivity index (χ2v) is 6.93. The Balaban J connectivity index is 2.84. The quantitative estimate of drug-likeness (QED) is 0.684. The molecule has 1 aromatic carbocycles. The minimum Gasteiger partial charge on any atom is -0.379 e. The summed E-state index contributed by atoms with van der Waals surface area (Å²) in [5.41, 5.74) is 6.44. The number of hydrogen-bond donors (Lipinski definition) is 3. The number of rotatable bonds is 8. The molecular formula is C14H25N3O2S. The lowest BCUT2D eigenvalue weighted by molar-refractivity contribution is 0.506. The van der Waals surface area contributed by atoms with Crippen LogP contribution in [0, 0.1) is 0 Å². The molecule has 1 rings (SSSR count). The van der Waals surface area contributed by atoms with Gasteiger partial charge in [-0.25, -0.2) is 13.1 Å². The van der Waals surface area contributed by atoms with E-state index >= 15 is 0 Å². The molecule has 1 atom stereocenters. The van der Waals surface area contributed by atoms with Crippen molar-refractivity contribution in [3.05, 3.63) is 24.3 Å². The molecular weight excluding hydrogens is 274 g/mol. The van der Waals surface area contributed by atoms with Gasteiger partial charge < -0.3 is 11.1 Å². The van der Waals surface area contributed by atoms with E-state index in [2.05, 4.69) is 17.0 Å². The van der Waals surface area contributed by atoms with Crippen molar-refractivity contribution in [2.45, 2.75) is 44.0 Å². The van der Waals surface area contributed by atoms with E-state index in [9.17, 15) is 8.42 Å². The summed E-state index contributed by atoms with van der Waals surface area (Å²) in [4.78, 5) is 0.280. The third-order valence-electron chi connectivity index (χ3n) is 3.38. The van der Waals surface area contributed by atoms with Gasteiger partial charge in [0, 0.05) is 24.3 Å². The minimum atomic E-state index is -3.40. The zero-order valence-electron chi connectivity index (χ0n) is 12.4. The fraction of sp³-hybridized carbons (Fsp3) is 0.571. The van der Waals surface area contributed by atoms with E-state index in [1.165, 1.54) is 0 Å². The summed E-state index contributed by atoms with van der Waals surface area (Å²) in [5.74, 6) is 0. The maximum absolute atomic E-state index is 11.9. The Morgan fingerprint density at radius 1 is 1.20 bits per heavy atom. The summed E-state index contributed by atoms with van der Waals surface area (Å²) in [6, 6.07) is 6.74. The third kappa shape index (κ3) is 4.47. The van der Waals surface area contributed by atoms with E-state index in [-0.39, 0.29) is 10.4 Å². The maximum atomic E-state index is 11.9. The molecule has 1 aromatic rings. The zero-order chi connectivity index (χ0) is 15.2. The number of hydrogen-bond acceptors (Lipinski definition) is 4.